The van der Waals surface area contributed by atoms with E-state index in [9.17, 15) is 0 Å². The second-order valence-electron chi connectivity index (χ2n) is 2.21. The van der Waals surface area contributed by atoms with E-state index in [0.717, 1.165) is 0 Å². The minimum absolute atomic E-state index is 1.46. The predicted octanol–water partition coefficient (Wildman–Crippen LogP) is 1.04. The summed E-state index contributed by atoms with van der Waals surface area (Å²) < 4.78 is 4.33. The van der Waals surface area contributed by atoms with Crippen LogP contribution in [0.4, 0.5) is 0 Å². The number of nitrogens with one attached hydrogen (secondary N) is 1. The Hall–Kier alpha value is 0.137. The highest BCUT2D eigenvalue weighted by molar-refractivity contribution is 6.69. The zero-order valence-corrected chi connectivity index (χ0v) is 5.41. The average molecular weight is 104 g/mol. The predicted molar refractivity (Wildman–Crippen MR) is 27.5 cm³/mol. The van der Waals surface area contributed by atoms with E-state index in [-0.39, 0.29) is 0 Å². The van der Waals surface area contributed by atoms with Gasteiger partial charge in [-0.25, -0.2) is 0 Å². The van der Waals surface area contributed by atoms with Crippen LogP contribution in [0, 0.1) is 0 Å². The van der Waals surface area contributed by atoms with Gasteiger partial charge in [-0.2, -0.15) is 0 Å². The Labute approximate surface area is 39.4 Å². The van der Waals surface area contributed by atoms with Gasteiger partial charge in [0.2, 0.25) is 8.32 Å². The largest absolute Gasteiger partial charge is 0.331 e. The summed E-state index contributed by atoms with van der Waals surface area (Å²) in [7, 11) is -1.46. The normalized spacial score (nSPS) is 12.0. The topological polar surface area (TPSA) is 33.0 Å². The maximum absolute atomic E-state index is 6.42. The zero-order chi connectivity index (χ0) is 5.21. The zero-order valence-electron chi connectivity index (χ0n) is 4.41. The molecule has 0 amide bonds. The van der Waals surface area contributed by atoms with Crippen LogP contribution >= 0.6 is 0 Å². The Morgan fingerprint density at radius 3 is 1.50 bits per heavy atom. The molecule has 1 radical (unpaired) electrons. The molecule has 3 heteroatoms. The second kappa shape index (κ2) is 1.73. The molecule has 0 rings (SSSR count). The van der Waals surface area contributed by atoms with Crippen molar-refractivity contribution < 1.29 is 4.53 Å². The summed E-state index contributed by atoms with van der Waals surface area (Å²) in [6.45, 7) is 5.92. The summed E-state index contributed by atoms with van der Waals surface area (Å²) >= 11 is 0. The third kappa shape index (κ3) is 4.14. The molecule has 0 saturated carbocycles. The minimum atomic E-state index is -1.46. The lowest BCUT2D eigenvalue weighted by molar-refractivity contribution is 0.302. The molecule has 0 aliphatic carbocycles. The van der Waals surface area contributed by atoms with Crippen LogP contribution < -0.4 is 5.90 Å². The first-order valence-electron chi connectivity index (χ1n) is 1.91. The standard InChI is InChI=1S/C3H10NOSi/c1-6(2,3)5-4/h4H,1-3H3. The fourth-order valence-electron chi connectivity index (χ4n) is 0. The van der Waals surface area contributed by atoms with Crippen LogP contribution in [-0.2, 0) is 4.53 Å². The van der Waals surface area contributed by atoms with Gasteiger partial charge in [-0.05, 0) is 19.6 Å². The summed E-state index contributed by atoms with van der Waals surface area (Å²) in [5.74, 6) is 6.42. The van der Waals surface area contributed by atoms with E-state index < -0.39 is 8.32 Å². The van der Waals surface area contributed by atoms with E-state index in [0.29, 0.717) is 0 Å². The van der Waals surface area contributed by atoms with Crippen molar-refractivity contribution in [3.05, 3.63) is 0 Å². The smallest absolute Gasteiger partial charge is 0.213 e. The molecule has 1 N–H and O–H groups in total. The maximum Gasteiger partial charge on any atom is 0.213 e. The van der Waals surface area contributed by atoms with Crippen molar-refractivity contribution in [1.82, 2.24) is 5.90 Å². The van der Waals surface area contributed by atoms with Crippen molar-refractivity contribution in [2.45, 2.75) is 19.6 Å². The van der Waals surface area contributed by atoms with E-state index >= 15 is 0 Å². The van der Waals surface area contributed by atoms with E-state index in [2.05, 4.69) is 4.53 Å². The van der Waals surface area contributed by atoms with Crippen LogP contribution in [0.3, 0.4) is 0 Å². The SMILES string of the molecule is C[Si](C)(C)O[NH]. The van der Waals surface area contributed by atoms with Gasteiger partial charge in [0.25, 0.3) is 0 Å². The Morgan fingerprint density at radius 1 is 1.33 bits per heavy atom. The van der Waals surface area contributed by atoms with Crippen LogP contribution in [0.2, 0.25) is 19.6 Å². The molecule has 2 nitrogen and oxygen atoms in total. The third-order valence-electron chi connectivity index (χ3n) is 0.306. The van der Waals surface area contributed by atoms with E-state index in [1.807, 2.05) is 19.6 Å². The van der Waals surface area contributed by atoms with Gasteiger partial charge < -0.3 is 4.53 Å². The van der Waals surface area contributed by atoms with Crippen LogP contribution in [0.25, 0.3) is 0 Å². The Morgan fingerprint density at radius 2 is 1.50 bits per heavy atom. The minimum Gasteiger partial charge on any atom is -0.331 e. The maximum atomic E-state index is 6.42. The summed E-state index contributed by atoms with van der Waals surface area (Å²) in [4.78, 5) is 0. The van der Waals surface area contributed by atoms with Crippen molar-refractivity contribution in [2.24, 2.45) is 0 Å². The lowest BCUT2D eigenvalue weighted by atomic mass is 11.8. The summed E-state index contributed by atoms with van der Waals surface area (Å²) in [5, 5.41) is 0. The van der Waals surface area contributed by atoms with Crippen molar-refractivity contribution >= 4 is 8.32 Å². The van der Waals surface area contributed by atoms with Gasteiger partial charge in [-0.1, -0.05) is 0 Å². The summed E-state index contributed by atoms with van der Waals surface area (Å²) in [6, 6.07) is 0. The van der Waals surface area contributed by atoms with Crippen LogP contribution in [0.5, 0.6) is 0 Å². The molecule has 0 bridgehead atoms. The lowest BCUT2D eigenvalue weighted by Crippen LogP contribution is -2.23. The van der Waals surface area contributed by atoms with Gasteiger partial charge in [0, 0.05) is 0 Å². The lowest BCUT2D eigenvalue weighted by Gasteiger charge is -2.07. The number of rotatable bonds is 1. The summed E-state index contributed by atoms with van der Waals surface area (Å²) in [6.07, 6.45) is 0. The molecule has 0 saturated heterocycles. The van der Waals surface area contributed by atoms with Gasteiger partial charge in [-0.15, -0.1) is 5.90 Å². The molecule has 0 spiro atoms. The van der Waals surface area contributed by atoms with Gasteiger partial charge in [-0.3, -0.25) is 0 Å². The molecule has 0 heterocycles. The highest BCUT2D eigenvalue weighted by Crippen LogP contribution is 1.96. The van der Waals surface area contributed by atoms with E-state index in [4.69, 9.17) is 5.90 Å². The first kappa shape index (κ1) is 6.14. The fourth-order valence-corrected chi connectivity index (χ4v) is 0. The molecule has 6 heavy (non-hydrogen) atoms. The molecular weight excluding hydrogens is 94.1 g/mol. The molecular formula is C3H10NOSi. The molecule has 0 atom stereocenters. The van der Waals surface area contributed by atoms with Gasteiger partial charge in [0.1, 0.15) is 0 Å². The van der Waals surface area contributed by atoms with Crippen LogP contribution in [0.15, 0.2) is 0 Å². The molecule has 0 aliphatic heterocycles. The first-order valence-corrected chi connectivity index (χ1v) is 5.32. The third-order valence-corrected chi connectivity index (χ3v) is 0.919. The molecule has 37 valence electrons. The van der Waals surface area contributed by atoms with E-state index in [1.165, 1.54) is 0 Å². The molecule has 0 aromatic heterocycles. The quantitative estimate of drug-likeness (QED) is 0.361. The fraction of sp³-hybridized carbons (Fsp3) is 1.00. The van der Waals surface area contributed by atoms with Gasteiger partial charge >= 0.3 is 0 Å². The van der Waals surface area contributed by atoms with Crippen LogP contribution in [-0.4, -0.2) is 8.32 Å². The first-order chi connectivity index (χ1) is 2.56. The van der Waals surface area contributed by atoms with Crippen molar-refractivity contribution in [3.8, 4) is 0 Å². The van der Waals surface area contributed by atoms with Crippen molar-refractivity contribution in [1.29, 1.82) is 0 Å². The van der Waals surface area contributed by atoms with Crippen molar-refractivity contribution in [3.63, 3.8) is 0 Å². The van der Waals surface area contributed by atoms with Crippen molar-refractivity contribution in [2.75, 3.05) is 0 Å². The average Bonchev–Trinajstić information content (AvgIpc) is 1.35. The highest BCUT2D eigenvalue weighted by atomic mass is 28.4. The second-order valence-corrected chi connectivity index (χ2v) is 6.64. The highest BCUT2D eigenvalue weighted by Gasteiger charge is 2.11. The Balaban J connectivity index is 3.17. The number of hydrogen-bond acceptors (Lipinski definition) is 1. The molecule has 0 aromatic carbocycles. The molecule has 0 unspecified atom stereocenters. The monoisotopic (exact) mass is 104 g/mol. The Kier molecular flexibility index (Phi) is 1.77. The van der Waals surface area contributed by atoms with Gasteiger partial charge in [0.05, 0.1) is 0 Å². The number of hydrogen-bond donors (Lipinski definition) is 0. The summed E-state index contributed by atoms with van der Waals surface area (Å²) in [5.41, 5.74) is 0. The Bertz CT molecular complexity index is 40.5. The van der Waals surface area contributed by atoms with Gasteiger partial charge in [0.15, 0.2) is 0 Å². The molecule has 0 fully saturated rings. The van der Waals surface area contributed by atoms with Crippen LogP contribution in [0.1, 0.15) is 0 Å². The molecule has 0 aliphatic rings. The van der Waals surface area contributed by atoms with E-state index in [1.54, 1.807) is 0 Å². The molecule has 0 aromatic rings.